The quantitative estimate of drug-likeness (QED) is 0.493. The molecule has 0 saturated carbocycles. The molecule has 0 aliphatic rings. The van der Waals surface area contributed by atoms with Crippen LogP contribution in [0.2, 0.25) is 0 Å². The van der Waals surface area contributed by atoms with Crippen molar-refractivity contribution in [1.29, 1.82) is 0 Å². The molecule has 4 aromatic rings. The van der Waals surface area contributed by atoms with Crippen LogP contribution in [0.25, 0.3) is 10.2 Å². The van der Waals surface area contributed by atoms with E-state index < -0.39 is 0 Å². The van der Waals surface area contributed by atoms with E-state index in [4.69, 9.17) is 4.98 Å². The molecule has 1 N–H and O–H groups in total. The van der Waals surface area contributed by atoms with Gasteiger partial charge in [0.2, 0.25) is 0 Å². The number of benzene rings is 1. The molecule has 0 saturated heterocycles. The lowest BCUT2D eigenvalue weighted by atomic mass is 10.2. The lowest BCUT2D eigenvalue weighted by molar-refractivity contribution is 0.686. The molecule has 28 heavy (non-hydrogen) atoms. The molecule has 0 bridgehead atoms. The summed E-state index contributed by atoms with van der Waals surface area (Å²) < 4.78 is 2.09. The minimum absolute atomic E-state index is 0.0575. The summed E-state index contributed by atoms with van der Waals surface area (Å²) in [4.78, 5) is 22.2. The highest BCUT2D eigenvalue weighted by molar-refractivity contribution is 7.99. The summed E-state index contributed by atoms with van der Waals surface area (Å²) in [5, 5.41) is 10.0. The fourth-order valence-corrected chi connectivity index (χ4v) is 5.06. The molecule has 0 radical (unpaired) electrons. The van der Waals surface area contributed by atoms with Gasteiger partial charge in [-0.05, 0) is 38.8 Å². The van der Waals surface area contributed by atoms with Crippen LogP contribution in [-0.2, 0) is 6.54 Å². The van der Waals surface area contributed by atoms with Crippen molar-refractivity contribution in [2.75, 3.05) is 0 Å². The molecule has 0 aliphatic carbocycles. The van der Waals surface area contributed by atoms with Gasteiger partial charge in [-0.25, -0.2) is 4.98 Å². The maximum atomic E-state index is 12.6. The number of hydrogen-bond donors (Lipinski definition) is 1. The fourth-order valence-electron chi connectivity index (χ4n) is 3.07. The summed E-state index contributed by atoms with van der Waals surface area (Å²) in [5.41, 5.74) is 2.13. The molecule has 1 aromatic carbocycles. The summed E-state index contributed by atoms with van der Waals surface area (Å²) in [5.74, 6) is 1.52. The molecule has 0 aliphatic heterocycles. The summed E-state index contributed by atoms with van der Waals surface area (Å²) in [6.45, 7) is 8.68. The zero-order valence-electron chi connectivity index (χ0n) is 16.2. The van der Waals surface area contributed by atoms with Crippen LogP contribution in [0.15, 0.2) is 40.3 Å². The topological polar surface area (TPSA) is 76.5 Å². The van der Waals surface area contributed by atoms with Crippen molar-refractivity contribution in [1.82, 2.24) is 24.7 Å². The third-order valence-electron chi connectivity index (χ3n) is 4.81. The highest BCUT2D eigenvalue weighted by Gasteiger charge is 2.19. The second-order valence-corrected chi connectivity index (χ2v) is 9.29. The number of thioether (sulfide) groups is 1. The third-order valence-corrected chi connectivity index (χ3v) is 7.00. The van der Waals surface area contributed by atoms with E-state index in [2.05, 4.69) is 31.9 Å². The Morgan fingerprint density at radius 2 is 1.93 bits per heavy atom. The zero-order chi connectivity index (χ0) is 19.8. The van der Waals surface area contributed by atoms with E-state index in [1.165, 1.54) is 5.56 Å². The lowest BCUT2D eigenvalue weighted by Crippen LogP contribution is -2.13. The predicted octanol–water partition coefficient (Wildman–Crippen LogP) is 4.40. The summed E-state index contributed by atoms with van der Waals surface area (Å²) in [6.07, 6.45) is 0. The molecule has 3 heterocycles. The van der Waals surface area contributed by atoms with Gasteiger partial charge in [-0.3, -0.25) is 4.79 Å². The first-order valence-corrected chi connectivity index (χ1v) is 10.7. The highest BCUT2D eigenvalue weighted by Crippen LogP contribution is 2.34. The van der Waals surface area contributed by atoms with Crippen molar-refractivity contribution in [2.24, 2.45) is 0 Å². The number of fused-ring (bicyclic) bond motifs is 1. The first-order chi connectivity index (χ1) is 13.4. The third kappa shape index (κ3) is 3.49. The summed E-state index contributed by atoms with van der Waals surface area (Å²) in [6, 6.07) is 10.2. The molecule has 3 aromatic heterocycles. The molecule has 0 fully saturated rings. The number of aryl methyl sites for hydroxylation is 3. The summed E-state index contributed by atoms with van der Waals surface area (Å²) >= 11 is 3.12. The number of thiophene rings is 1. The number of aromatic amines is 1. The molecule has 4 rings (SSSR count). The first kappa shape index (κ1) is 18.9. The molecule has 144 valence electrons. The van der Waals surface area contributed by atoms with E-state index in [1.807, 2.05) is 45.9 Å². The van der Waals surface area contributed by atoms with Crippen LogP contribution in [-0.4, -0.2) is 24.7 Å². The van der Waals surface area contributed by atoms with Crippen molar-refractivity contribution in [2.45, 2.75) is 44.6 Å². The zero-order valence-corrected chi connectivity index (χ0v) is 17.8. The molecular weight excluding hydrogens is 390 g/mol. The number of aromatic nitrogens is 5. The van der Waals surface area contributed by atoms with Gasteiger partial charge in [0.25, 0.3) is 5.56 Å². The Kier molecular flexibility index (Phi) is 5.07. The Morgan fingerprint density at radius 1 is 1.18 bits per heavy atom. The second kappa shape index (κ2) is 7.52. The van der Waals surface area contributed by atoms with Crippen molar-refractivity contribution in [3.8, 4) is 0 Å². The standard InChI is InChI=1S/C20H21N5OS2/c1-11-12(2)27-19-16(11)18(26)21-17(22-19)13(3)28-20-24-23-14(4)25(20)10-15-8-6-5-7-9-15/h5-9,13H,10H2,1-4H3,(H,21,22,26)/t13-/m0/s1. The number of hydrogen-bond acceptors (Lipinski definition) is 6. The Bertz CT molecular complexity index is 1190. The van der Waals surface area contributed by atoms with Gasteiger partial charge >= 0.3 is 0 Å². The van der Waals surface area contributed by atoms with Gasteiger partial charge in [-0.1, -0.05) is 42.1 Å². The van der Waals surface area contributed by atoms with Crippen molar-refractivity contribution in [3.05, 3.63) is 68.3 Å². The Labute approximate surface area is 171 Å². The van der Waals surface area contributed by atoms with Crippen LogP contribution in [0.3, 0.4) is 0 Å². The first-order valence-electron chi connectivity index (χ1n) is 9.04. The minimum Gasteiger partial charge on any atom is -0.309 e. The number of nitrogens with zero attached hydrogens (tertiary/aromatic N) is 4. The van der Waals surface area contributed by atoms with Crippen molar-refractivity contribution < 1.29 is 0 Å². The fraction of sp³-hybridized carbons (Fsp3) is 0.300. The van der Waals surface area contributed by atoms with Gasteiger partial charge in [0.1, 0.15) is 16.5 Å². The van der Waals surface area contributed by atoms with Crippen LogP contribution >= 0.6 is 23.1 Å². The van der Waals surface area contributed by atoms with E-state index in [-0.39, 0.29) is 10.8 Å². The molecule has 0 spiro atoms. The Balaban J connectivity index is 1.63. The van der Waals surface area contributed by atoms with Crippen molar-refractivity contribution in [3.63, 3.8) is 0 Å². The summed E-state index contributed by atoms with van der Waals surface area (Å²) in [7, 11) is 0. The van der Waals surface area contributed by atoms with E-state index in [0.29, 0.717) is 17.8 Å². The van der Waals surface area contributed by atoms with Gasteiger partial charge in [-0.2, -0.15) is 0 Å². The molecule has 8 heteroatoms. The molecule has 6 nitrogen and oxygen atoms in total. The molecule has 1 atom stereocenters. The Morgan fingerprint density at radius 3 is 2.68 bits per heavy atom. The van der Waals surface area contributed by atoms with Crippen molar-refractivity contribution >= 4 is 33.3 Å². The SMILES string of the molecule is Cc1sc2nc([C@H](C)Sc3nnc(C)n3Cc3ccccc3)[nH]c(=O)c2c1C. The maximum Gasteiger partial charge on any atom is 0.259 e. The average molecular weight is 412 g/mol. The van der Waals surface area contributed by atoms with E-state index in [0.717, 1.165) is 26.3 Å². The second-order valence-electron chi connectivity index (χ2n) is 6.78. The molecule has 0 unspecified atom stereocenters. The van der Waals surface area contributed by atoms with Gasteiger partial charge in [0.05, 0.1) is 17.2 Å². The van der Waals surface area contributed by atoms with Crippen LogP contribution in [0.5, 0.6) is 0 Å². The Hall–Kier alpha value is -2.45. The lowest BCUT2D eigenvalue weighted by Gasteiger charge is -2.12. The largest absolute Gasteiger partial charge is 0.309 e. The van der Waals surface area contributed by atoms with Crippen LogP contribution in [0.4, 0.5) is 0 Å². The number of H-pyrrole nitrogens is 1. The number of rotatable bonds is 5. The number of nitrogens with one attached hydrogen (secondary N) is 1. The van der Waals surface area contributed by atoms with Crippen LogP contribution in [0.1, 0.15) is 39.8 Å². The maximum absolute atomic E-state index is 12.6. The van der Waals surface area contributed by atoms with Gasteiger partial charge < -0.3 is 9.55 Å². The smallest absolute Gasteiger partial charge is 0.259 e. The average Bonchev–Trinajstić information content (AvgIpc) is 3.16. The van der Waals surface area contributed by atoms with Gasteiger partial charge in [-0.15, -0.1) is 21.5 Å². The van der Waals surface area contributed by atoms with Gasteiger partial charge in [0, 0.05) is 4.88 Å². The monoisotopic (exact) mass is 411 g/mol. The van der Waals surface area contributed by atoms with E-state index in [1.54, 1.807) is 23.1 Å². The van der Waals surface area contributed by atoms with E-state index in [9.17, 15) is 4.79 Å². The molecule has 0 amide bonds. The predicted molar refractivity (Wildman–Crippen MR) is 114 cm³/mol. The minimum atomic E-state index is -0.0729. The van der Waals surface area contributed by atoms with Crippen LogP contribution in [0, 0.1) is 20.8 Å². The van der Waals surface area contributed by atoms with Crippen LogP contribution < -0.4 is 5.56 Å². The normalized spacial score (nSPS) is 12.6. The molecular formula is C20H21N5OS2. The highest BCUT2D eigenvalue weighted by atomic mass is 32.2. The van der Waals surface area contributed by atoms with E-state index >= 15 is 0 Å². The van der Waals surface area contributed by atoms with Gasteiger partial charge in [0.15, 0.2) is 5.16 Å².